The molecule has 118 valence electrons. The van der Waals surface area contributed by atoms with Gasteiger partial charge >= 0.3 is 6.01 Å². The van der Waals surface area contributed by atoms with Gasteiger partial charge in [0, 0.05) is 15.8 Å². The molecule has 0 aliphatic rings. The van der Waals surface area contributed by atoms with E-state index in [-0.39, 0.29) is 12.6 Å². The zero-order valence-corrected chi connectivity index (χ0v) is 14.6. The summed E-state index contributed by atoms with van der Waals surface area (Å²) in [6, 6.07) is 6.29. The molecule has 0 saturated carbocycles. The standard InChI is InChI=1S/C14H18IN5O2/c1-3-22-14-19-12(16-6-7-21)18-13(20-14)17-11-5-4-10(15)8-9(11)2/h4-5,8,21H,3,6-7H2,1-2H3,(H2,16,17,18,19,20). The molecule has 0 aliphatic heterocycles. The fourth-order valence-corrected chi connectivity index (χ4v) is 2.39. The summed E-state index contributed by atoms with van der Waals surface area (Å²) in [7, 11) is 0. The number of rotatable bonds is 7. The van der Waals surface area contributed by atoms with E-state index in [2.05, 4.69) is 54.2 Å². The van der Waals surface area contributed by atoms with Gasteiger partial charge in [0.1, 0.15) is 0 Å². The van der Waals surface area contributed by atoms with Gasteiger partial charge in [-0.25, -0.2) is 0 Å². The second kappa shape index (κ2) is 8.08. The quantitative estimate of drug-likeness (QED) is 0.598. The van der Waals surface area contributed by atoms with E-state index in [1.165, 1.54) is 0 Å². The number of aryl methyl sites for hydroxylation is 1. The summed E-state index contributed by atoms with van der Waals surface area (Å²) in [6.45, 7) is 4.69. The maximum absolute atomic E-state index is 8.89. The Bertz CT molecular complexity index is 639. The lowest BCUT2D eigenvalue weighted by molar-refractivity contribution is 0.307. The highest BCUT2D eigenvalue weighted by Gasteiger charge is 2.08. The maximum atomic E-state index is 8.89. The van der Waals surface area contributed by atoms with Gasteiger partial charge in [-0.2, -0.15) is 15.0 Å². The van der Waals surface area contributed by atoms with E-state index in [9.17, 15) is 0 Å². The Kier molecular flexibility index (Phi) is 6.13. The Morgan fingerprint density at radius 2 is 2.00 bits per heavy atom. The van der Waals surface area contributed by atoms with Gasteiger partial charge in [0.15, 0.2) is 0 Å². The second-order valence-corrected chi connectivity index (χ2v) is 5.68. The number of aliphatic hydroxyl groups is 1. The maximum Gasteiger partial charge on any atom is 0.323 e. The lowest BCUT2D eigenvalue weighted by atomic mass is 10.2. The first-order valence-corrected chi connectivity index (χ1v) is 7.97. The van der Waals surface area contributed by atoms with Gasteiger partial charge in [-0.1, -0.05) is 0 Å². The minimum Gasteiger partial charge on any atom is -0.464 e. The smallest absolute Gasteiger partial charge is 0.323 e. The van der Waals surface area contributed by atoms with Crippen LogP contribution in [-0.4, -0.2) is 39.8 Å². The summed E-state index contributed by atoms with van der Waals surface area (Å²) < 4.78 is 6.51. The largest absolute Gasteiger partial charge is 0.464 e. The van der Waals surface area contributed by atoms with E-state index in [1.807, 2.05) is 26.0 Å². The van der Waals surface area contributed by atoms with Gasteiger partial charge < -0.3 is 20.5 Å². The Balaban J connectivity index is 2.26. The number of aliphatic hydroxyl groups excluding tert-OH is 1. The third-order valence-corrected chi connectivity index (χ3v) is 3.39. The number of aromatic nitrogens is 3. The number of nitrogens with one attached hydrogen (secondary N) is 2. The highest BCUT2D eigenvalue weighted by molar-refractivity contribution is 14.1. The minimum absolute atomic E-state index is 0.00531. The van der Waals surface area contributed by atoms with Crippen molar-refractivity contribution in [2.45, 2.75) is 13.8 Å². The molecule has 3 N–H and O–H groups in total. The van der Waals surface area contributed by atoms with Crippen molar-refractivity contribution in [3.8, 4) is 6.01 Å². The van der Waals surface area contributed by atoms with Gasteiger partial charge in [-0.3, -0.25) is 0 Å². The van der Waals surface area contributed by atoms with Crippen molar-refractivity contribution in [1.82, 2.24) is 15.0 Å². The molecule has 0 saturated heterocycles. The molecule has 0 fully saturated rings. The molecule has 0 spiro atoms. The van der Waals surface area contributed by atoms with Crippen LogP contribution in [0.3, 0.4) is 0 Å². The van der Waals surface area contributed by atoms with Crippen molar-refractivity contribution < 1.29 is 9.84 Å². The molecule has 0 bridgehead atoms. The van der Waals surface area contributed by atoms with Crippen LogP contribution in [-0.2, 0) is 0 Å². The van der Waals surface area contributed by atoms with E-state index in [0.29, 0.717) is 25.0 Å². The summed E-state index contributed by atoms with van der Waals surface area (Å²) in [4.78, 5) is 12.6. The number of hydrogen-bond donors (Lipinski definition) is 3. The number of halogens is 1. The van der Waals surface area contributed by atoms with Crippen LogP contribution < -0.4 is 15.4 Å². The van der Waals surface area contributed by atoms with Crippen molar-refractivity contribution in [3.63, 3.8) is 0 Å². The normalized spacial score (nSPS) is 10.4. The molecule has 0 amide bonds. The van der Waals surface area contributed by atoms with E-state index in [0.717, 1.165) is 14.8 Å². The highest BCUT2D eigenvalue weighted by Crippen LogP contribution is 2.22. The van der Waals surface area contributed by atoms with Crippen molar-refractivity contribution >= 4 is 40.2 Å². The zero-order valence-electron chi connectivity index (χ0n) is 12.4. The average Bonchev–Trinajstić information content (AvgIpc) is 2.48. The van der Waals surface area contributed by atoms with Crippen molar-refractivity contribution in [2.24, 2.45) is 0 Å². The third kappa shape index (κ3) is 4.67. The number of nitrogens with zero attached hydrogens (tertiary/aromatic N) is 3. The first-order valence-electron chi connectivity index (χ1n) is 6.89. The molecule has 0 unspecified atom stereocenters. The van der Waals surface area contributed by atoms with Crippen LogP contribution in [0.5, 0.6) is 6.01 Å². The summed E-state index contributed by atoms with van der Waals surface area (Å²) in [5.74, 6) is 0.751. The van der Waals surface area contributed by atoms with Crippen molar-refractivity contribution in [3.05, 3.63) is 27.3 Å². The molecule has 0 aliphatic carbocycles. The van der Waals surface area contributed by atoms with Gasteiger partial charge in [0.2, 0.25) is 11.9 Å². The Labute approximate surface area is 142 Å². The van der Waals surface area contributed by atoms with Crippen LogP contribution in [0, 0.1) is 10.5 Å². The second-order valence-electron chi connectivity index (χ2n) is 4.43. The average molecular weight is 415 g/mol. The predicted molar refractivity (Wildman–Crippen MR) is 93.8 cm³/mol. The highest BCUT2D eigenvalue weighted by atomic mass is 127. The fraction of sp³-hybridized carbons (Fsp3) is 0.357. The molecule has 0 atom stereocenters. The molecule has 8 heteroatoms. The first-order chi connectivity index (χ1) is 10.6. The molecule has 1 aromatic carbocycles. The van der Waals surface area contributed by atoms with Crippen LogP contribution in [0.15, 0.2) is 18.2 Å². The Morgan fingerprint density at radius 3 is 2.68 bits per heavy atom. The number of ether oxygens (including phenoxy) is 1. The molecule has 22 heavy (non-hydrogen) atoms. The summed E-state index contributed by atoms with van der Waals surface area (Å²) in [6.07, 6.45) is 0. The van der Waals surface area contributed by atoms with Crippen molar-refractivity contribution in [1.29, 1.82) is 0 Å². The van der Waals surface area contributed by atoms with E-state index < -0.39 is 0 Å². The van der Waals surface area contributed by atoms with Gasteiger partial charge in [-0.15, -0.1) is 0 Å². The SMILES string of the molecule is CCOc1nc(NCCO)nc(Nc2ccc(I)cc2C)n1. The number of benzene rings is 1. The molecule has 2 aromatic rings. The van der Waals surface area contributed by atoms with Crippen LogP contribution >= 0.6 is 22.6 Å². The fourth-order valence-electron chi connectivity index (χ4n) is 1.74. The van der Waals surface area contributed by atoms with E-state index in [4.69, 9.17) is 9.84 Å². The van der Waals surface area contributed by atoms with Gasteiger partial charge in [-0.05, 0) is 60.2 Å². The lowest BCUT2D eigenvalue weighted by Gasteiger charge is -2.11. The molecule has 1 aromatic heterocycles. The predicted octanol–water partition coefficient (Wildman–Crippen LogP) is 2.33. The van der Waals surface area contributed by atoms with Crippen LogP contribution in [0.25, 0.3) is 0 Å². The Hall–Kier alpha value is -1.68. The molecular weight excluding hydrogens is 397 g/mol. The third-order valence-electron chi connectivity index (χ3n) is 2.72. The topological polar surface area (TPSA) is 92.2 Å². The van der Waals surface area contributed by atoms with Crippen LogP contribution in [0.4, 0.5) is 17.6 Å². The lowest BCUT2D eigenvalue weighted by Crippen LogP contribution is -2.12. The Morgan fingerprint density at radius 1 is 1.23 bits per heavy atom. The van der Waals surface area contributed by atoms with E-state index >= 15 is 0 Å². The molecular formula is C14H18IN5O2. The summed E-state index contributed by atoms with van der Waals surface area (Å²) in [5.41, 5.74) is 2.01. The minimum atomic E-state index is -0.00531. The van der Waals surface area contributed by atoms with Gasteiger partial charge in [0.25, 0.3) is 0 Å². The number of hydrogen-bond acceptors (Lipinski definition) is 7. The van der Waals surface area contributed by atoms with Crippen molar-refractivity contribution in [2.75, 3.05) is 30.4 Å². The molecule has 2 rings (SSSR count). The van der Waals surface area contributed by atoms with Crippen LogP contribution in [0.1, 0.15) is 12.5 Å². The number of anilines is 3. The van der Waals surface area contributed by atoms with Gasteiger partial charge in [0.05, 0.1) is 13.2 Å². The monoisotopic (exact) mass is 415 g/mol. The molecule has 1 heterocycles. The summed E-state index contributed by atoms with van der Waals surface area (Å²) >= 11 is 2.27. The molecule has 0 radical (unpaired) electrons. The first kappa shape index (κ1) is 16.7. The zero-order chi connectivity index (χ0) is 15.9. The van der Waals surface area contributed by atoms with Crippen LogP contribution in [0.2, 0.25) is 0 Å². The van der Waals surface area contributed by atoms with E-state index in [1.54, 1.807) is 0 Å². The molecule has 7 nitrogen and oxygen atoms in total. The summed E-state index contributed by atoms with van der Waals surface area (Å²) in [5, 5.41) is 15.0.